The van der Waals surface area contributed by atoms with E-state index in [9.17, 15) is 19.1 Å². The van der Waals surface area contributed by atoms with Crippen LogP contribution in [0.5, 0.6) is 0 Å². The van der Waals surface area contributed by atoms with Crippen LogP contribution < -0.4 is 0 Å². The molecule has 9 heteroatoms. The van der Waals surface area contributed by atoms with Gasteiger partial charge >= 0.3 is 5.97 Å². The van der Waals surface area contributed by atoms with Gasteiger partial charge in [0.1, 0.15) is 23.3 Å². The highest BCUT2D eigenvalue weighted by Gasteiger charge is 2.75. The molecular weight excluding hydrogens is 535 g/mol. The minimum atomic E-state index is -1.90. The molecule has 1 heterocycles. The van der Waals surface area contributed by atoms with Crippen LogP contribution >= 0.6 is 15.9 Å². The number of carbonyl (C=O) groups is 2. The van der Waals surface area contributed by atoms with Crippen LogP contribution in [0.1, 0.15) is 23.5 Å². The van der Waals surface area contributed by atoms with Crippen molar-refractivity contribution in [1.29, 1.82) is 0 Å². The average molecular weight is 559 g/mol. The lowest BCUT2D eigenvalue weighted by Crippen LogP contribution is -2.48. The second-order valence-corrected chi connectivity index (χ2v) is 9.95. The van der Waals surface area contributed by atoms with Crippen LogP contribution in [0, 0.1) is 11.7 Å². The van der Waals surface area contributed by atoms with Gasteiger partial charge in [0, 0.05) is 17.5 Å². The summed E-state index contributed by atoms with van der Waals surface area (Å²) >= 11 is 3.43. The summed E-state index contributed by atoms with van der Waals surface area (Å²) in [4.78, 5) is 26.3. The van der Waals surface area contributed by atoms with Gasteiger partial charge in [0.05, 0.1) is 25.7 Å². The molecule has 188 valence electrons. The molecule has 0 spiro atoms. The predicted molar refractivity (Wildman–Crippen MR) is 129 cm³/mol. The molecule has 36 heavy (non-hydrogen) atoms. The summed E-state index contributed by atoms with van der Waals surface area (Å²) in [6.45, 7) is 0. The molecule has 0 aromatic heterocycles. The molecule has 5 rings (SSSR count). The Bertz CT molecular complexity index is 1300. The Kier molecular flexibility index (Phi) is 6.05. The molecule has 2 aromatic carbocycles. The highest BCUT2D eigenvalue weighted by Crippen LogP contribution is 2.69. The van der Waals surface area contributed by atoms with E-state index in [0.717, 1.165) is 4.47 Å². The second-order valence-electron chi connectivity index (χ2n) is 9.03. The average Bonchev–Trinajstić information content (AvgIpc) is 3.27. The first-order chi connectivity index (χ1) is 17.2. The van der Waals surface area contributed by atoms with E-state index in [1.165, 1.54) is 45.6 Å². The maximum absolute atomic E-state index is 14.5. The fourth-order valence-electron chi connectivity index (χ4n) is 5.97. The van der Waals surface area contributed by atoms with Crippen molar-refractivity contribution >= 4 is 27.7 Å². The Balaban J connectivity index is 1.86. The Hall–Kier alpha value is -3.01. The van der Waals surface area contributed by atoms with E-state index < -0.39 is 46.7 Å². The lowest BCUT2D eigenvalue weighted by atomic mass is 9.70. The SMILES string of the molecule is COC(=O)C1CC2(O)C3=C(OC)C(=O)C(OC)C=C3OC2(c2ccc(Br)cc2)C1c1cccc(F)c1. The topological polar surface area (TPSA) is 91.3 Å². The Morgan fingerprint density at radius 2 is 1.89 bits per heavy atom. The van der Waals surface area contributed by atoms with Crippen LogP contribution in [0.15, 0.2) is 76.2 Å². The van der Waals surface area contributed by atoms with Crippen molar-refractivity contribution in [3.8, 4) is 0 Å². The Labute approximate surface area is 215 Å². The first-order valence-electron chi connectivity index (χ1n) is 11.3. The van der Waals surface area contributed by atoms with E-state index in [1.807, 2.05) is 0 Å². The summed E-state index contributed by atoms with van der Waals surface area (Å²) in [6.07, 6.45) is 0.362. The summed E-state index contributed by atoms with van der Waals surface area (Å²) in [5, 5.41) is 12.6. The van der Waals surface area contributed by atoms with Gasteiger partial charge in [0.2, 0.25) is 5.78 Å². The number of ketones is 1. The van der Waals surface area contributed by atoms with Gasteiger partial charge in [-0.05, 0) is 47.9 Å². The standard InChI is InChI=1S/C27H24BrFO7/c1-33-20-12-19-22(24(34-2)23(20)30)26(32)13-18(25(31)35-3)21(14-5-4-6-17(29)11-14)27(26,36-19)15-7-9-16(28)10-8-15/h4-12,18,20-21,32H,13H2,1-3H3. The van der Waals surface area contributed by atoms with Crippen LogP contribution in [-0.2, 0) is 34.1 Å². The molecule has 2 aliphatic carbocycles. The quantitative estimate of drug-likeness (QED) is 0.556. The van der Waals surface area contributed by atoms with Gasteiger partial charge in [-0.1, -0.05) is 40.2 Å². The van der Waals surface area contributed by atoms with Gasteiger partial charge in [0.25, 0.3) is 0 Å². The monoisotopic (exact) mass is 558 g/mol. The maximum Gasteiger partial charge on any atom is 0.309 e. The number of halogens is 2. The second kappa shape index (κ2) is 8.83. The molecule has 0 bridgehead atoms. The number of fused-ring (bicyclic) bond motifs is 3. The highest BCUT2D eigenvalue weighted by atomic mass is 79.9. The van der Waals surface area contributed by atoms with Crippen molar-refractivity contribution in [1.82, 2.24) is 0 Å². The molecule has 0 radical (unpaired) electrons. The number of carbonyl (C=O) groups excluding carboxylic acids is 2. The largest absolute Gasteiger partial charge is 0.492 e. The summed E-state index contributed by atoms with van der Waals surface area (Å²) in [5.74, 6) is -3.26. The van der Waals surface area contributed by atoms with Crippen molar-refractivity contribution in [3.05, 3.63) is 93.1 Å². The van der Waals surface area contributed by atoms with Gasteiger partial charge < -0.3 is 24.1 Å². The van der Waals surface area contributed by atoms with E-state index in [-0.39, 0.29) is 23.5 Å². The minimum Gasteiger partial charge on any atom is -0.492 e. The predicted octanol–water partition coefficient (Wildman–Crippen LogP) is 3.90. The first-order valence-corrected chi connectivity index (χ1v) is 12.1. The molecule has 7 nitrogen and oxygen atoms in total. The number of aliphatic hydroxyl groups is 1. The van der Waals surface area contributed by atoms with Gasteiger partial charge in [-0.15, -0.1) is 0 Å². The molecule has 2 aromatic rings. The molecular formula is C27H24BrFO7. The normalized spacial score (nSPS) is 30.9. The third kappa shape index (κ3) is 3.29. The Morgan fingerprint density at radius 1 is 1.17 bits per heavy atom. The third-order valence-electron chi connectivity index (χ3n) is 7.36. The molecule has 0 amide bonds. The van der Waals surface area contributed by atoms with E-state index in [2.05, 4.69) is 15.9 Å². The zero-order chi connectivity index (χ0) is 25.8. The third-order valence-corrected chi connectivity index (χ3v) is 7.88. The zero-order valence-electron chi connectivity index (χ0n) is 19.8. The number of hydrogen-bond acceptors (Lipinski definition) is 7. The van der Waals surface area contributed by atoms with Crippen molar-refractivity contribution in [2.24, 2.45) is 5.92 Å². The number of rotatable bonds is 5. The first kappa shape index (κ1) is 24.7. The number of Topliss-reactive ketones (excluding diaryl/α,β-unsaturated/α-hetero) is 1. The molecule has 5 unspecified atom stereocenters. The van der Waals surface area contributed by atoms with Crippen LogP contribution in [0.25, 0.3) is 0 Å². The number of esters is 1. The van der Waals surface area contributed by atoms with E-state index in [4.69, 9.17) is 18.9 Å². The van der Waals surface area contributed by atoms with Crippen LogP contribution in [-0.4, -0.2) is 49.9 Å². The smallest absolute Gasteiger partial charge is 0.309 e. The molecule has 1 saturated heterocycles. The van der Waals surface area contributed by atoms with Crippen molar-refractivity contribution in [2.75, 3.05) is 21.3 Å². The molecule has 5 atom stereocenters. The van der Waals surface area contributed by atoms with E-state index in [1.54, 1.807) is 30.3 Å². The summed E-state index contributed by atoms with van der Waals surface area (Å²) < 4.78 is 37.8. The van der Waals surface area contributed by atoms with Gasteiger partial charge in [0.15, 0.2) is 11.4 Å². The summed E-state index contributed by atoms with van der Waals surface area (Å²) in [5.41, 5.74) is -2.40. The lowest BCUT2D eigenvalue weighted by Gasteiger charge is -2.40. The van der Waals surface area contributed by atoms with Crippen LogP contribution in [0.4, 0.5) is 4.39 Å². The van der Waals surface area contributed by atoms with Crippen molar-refractivity contribution in [2.45, 2.75) is 29.6 Å². The molecule has 1 saturated carbocycles. The van der Waals surface area contributed by atoms with Crippen LogP contribution in [0.3, 0.4) is 0 Å². The lowest BCUT2D eigenvalue weighted by molar-refractivity contribution is -0.147. The highest BCUT2D eigenvalue weighted by molar-refractivity contribution is 9.10. The van der Waals surface area contributed by atoms with Crippen molar-refractivity contribution in [3.63, 3.8) is 0 Å². The fraction of sp³-hybridized carbons (Fsp3) is 0.333. The van der Waals surface area contributed by atoms with Gasteiger partial charge in [-0.25, -0.2) is 4.39 Å². The van der Waals surface area contributed by atoms with Gasteiger partial charge in [-0.2, -0.15) is 0 Å². The Morgan fingerprint density at radius 3 is 2.50 bits per heavy atom. The summed E-state index contributed by atoms with van der Waals surface area (Å²) in [7, 11) is 3.97. The number of ether oxygens (including phenoxy) is 4. The molecule has 3 aliphatic rings. The van der Waals surface area contributed by atoms with E-state index >= 15 is 0 Å². The molecule has 2 fully saturated rings. The maximum atomic E-state index is 14.5. The van der Waals surface area contributed by atoms with Crippen LogP contribution in [0.2, 0.25) is 0 Å². The van der Waals surface area contributed by atoms with Crippen molar-refractivity contribution < 1.29 is 38.0 Å². The number of benzene rings is 2. The summed E-state index contributed by atoms with van der Waals surface area (Å²) in [6, 6.07) is 12.9. The number of hydrogen-bond donors (Lipinski definition) is 1. The van der Waals surface area contributed by atoms with E-state index in [0.29, 0.717) is 11.1 Å². The minimum absolute atomic E-state index is 0.107. The van der Waals surface area contributed by atoms with Gasteiger partial charge in [-0.3, -0.25) is 9.59 Å². The molecule has 1 aliphatic heterocycles. The molecule has 1 N–H and O–H groups in total. The zero-order valence-corrected chi connectivity index (χ0v) is 21.4. The number of methoxy groups -OCH3 is 3. The fourth-order valence-corrected chi connectivity index (χ4v) is 6.23.